The number of nitrogens with zero attached hydrogens (tertiary/aromatic N) is 1. The van der Waals surface area contributed by atoms with Crippen LogP contribution >= 0.6 is 0 Å². The third kappa shape index (κ3) is 3.31. The highest BCUT2D eigenvalue weighted by atomic mass is 32.2. The average molecular weight is 305 g/mol. The number of hydrogen-bond acceptors (Lipinski definition) is 4. The first-order valence-corrected chi connectivity index (χ1v) is 8.64. The van der Waals surface area contributed by atoms with Crippen molar-refractivity contribution in [2.24, 2.45) is 5.41 Å². The molecule has 6 nitrogen and oxygen atoms in total. The number of aliphatic carboxylic acids is 1. The molecule has 1 amide bonds. The predicted octanol–water partition coefficient (Wildman–Crippen LogP) is 0.911. The molecule has 1 aliphatic carbocycles. The smallest absolute Gasteiger partial charge is 0.310 e. The van der Waals surface area contributed by atoms with Crippen LogP contribution in [0.3, 0.4) is 0 Å². The van der Waals surface area contributed by atoms with Gasteiger partial charge >= 0.3 is 5.97 Å². The highest BCUT2D eigenvalue weighted by Crippen LogP contribution is 2.44. The molecule has 1 saturated carbocycles. The van der Waals surface area contributed by atoms with Crippen molar-refractivity contribution in [3.8, 4) is 0 Å². The Morgan fingerprint density at radius 1 is 1.30 bits per heavy atom. The van der Waals surface area contributed by atoms with Crippen molar-refractivity contribution in [3.63, 3.8) is 0 Å². The monoisotopic (exact) mass is 305 g/mol. The van der Waals surface area contributed by atoms with Gasteiger partial charge in [0, 0.05) is 25.8 Å². The highest BCUT2D eigenvalue weighted by molar-refractivity contribution is 7.91. The Kier molecular flexibility index (Phi) is 4.84. The van der Waals surface area contributed by atoms with Crippen LogP contribution in [0.15, 0.2) is 0 Å². The molecule has 0 aromatic carbocycles. The van der Waals surface area contributed by atoms with Crippen LogP contribution in [-0.4, -0.2) is 54.9 Å². The summed E-state index contributed by atoms with van der Waals surface area (Å²) < 4.78 is 23.1. The molecule has 1 rings (SSSR count). The minimum absolute atomic E-state index is 0.0559. The Bertz CT molecular complexity index is 495. The van der Waals surface area contributed by atoms with E-state index >= 15 is 0 Å². The van der Waals surface area contributed by atoms with Crippen molar-refractivity contribution in [1.29, 1.82) is 0 Å². The van der Waals surface area contributed by atoms with E-state index in [-0.39, 0.29) is 12.3 Å². The summed E-state index contributed by atoms with van der Waals surface area (Å²) in [6.45, 7) is 3.22. The predicted molar refractivity (Wildman–Crippen MR) is 75.1 cm³/mol. The van der Waals surface area contributed by atoms with Gasteiger partial charge in [0.15, 0.2) is 9.84 Å². The van der Waals surface area contributed by atoms with Crippen LogP contribution in [0, 0.1) is 5.41 Å². The van der Waals surface area contributed by atoms with Crippen molar-refractivity contribution < 1.29 is 23.1 Å². The Morgan fingerprint density at radius 3 is 2.10 bits per heavy atom. The fourth-order valence-electron chi connectivity index (χ4n) is 2.38. The fourth-order valence-corrected chi connectivity index (χ4v) is 3.28. The summed E-state index contributed by atoms with van der Waals surface area (Å²) in [4.78, 5) is 24.8. The molecule has 0 radical (unpaired) electrons. The molecule has 0 aromatic heterocycles. The summed E-state index contributed by atoms with van der Waals surface area (Å²) in [7, 11) is -1.71. The zero-order chi connectivity index (χ0) is 15.7. The van der Waals surface area contributed by atoms with Crippen LogP contribution in [-0.2, 0) is 19.4 Å². The maximum Gasteiger partial charge on any atom is 0.310 e. The molecule has 0 heterocycles. The topological polar surface area (TPSA) is 91.8 Å². The number of amides is 1. The van der Waals surface area contributed by atoms with Gasteiger partial charge in [0.05, 0.1) is 10.7 Å². The molecule has 116 valence electrons. The molecule has 1 fully saturated rings. The van der Waals surface area contributed by atoms with Gasteiger partial charge in [0.1, 0.15) is 0 Å². The van der Waals surface area contributed by atoms with Gasteiger partial charge in [0.25, 0.3) is 0 Å². The summed E-state index contributed by atoms with van der Waals surface area (Å²) in [6, 6.07) is -0.483. The Labute approximate surface area is 120 Å². The first-order chi connectivity index (χ1) is 9.01. The summed E-state index contributed by atoms with van der Waals surface area (Å²) in [6.07, 6.45) is 2.92. The van der Waals surface area contributed by atoms with E-state index in [4.69, 9.17) is 0 Å². The lowest BCUT2D eigenvalue weighted by Gasteiger charge is -2.39. The molecule has 7 heteroatoms. The second-order valence-electron chi connectivity index (χ2n) is 5.90. The van der Waals surface area contributed by atoms with Crippen LogP contribution in [0.5, 0.6) is 0 Å². The quantitative estimate of drug-likeness (QED) is 0.787. The van der Waals surface area contributed by atoms with E-state index in [0.717, 1.165) is 12.7 Å². The van der Waals surface area contributed by atoms with Crippen LogP contribution in [0.2, 0.25) is 0 Å². The van der Waals surface area contributed by atoms with Crippen molar-refractivity contribution in [1.82, 2.24) is 4.90 Å². The molecule has 0 bridgehead atoms. The number of carboxylic acids is 1. The maximum atomic E-state index is 12.2. The van der Waals surface area contributed by atoms with E-state index in [1.807, 2.05) is 0 Å². The van der Waals surface area contributed by atoms with Crippen LogP contribution in [0.1, 0.15) is 39.5 Å². The van der Waals surface area contributed by atoms with Crippen molar-refractivity contribution >= 4 is 21.7 Å². The van der Waals surface area contributed by atoms with Gasteiger partial charge in [-0.05, 0) is 26.7 Å². The number of sulfone groups is 1. The summed E-state index contributed by atoms with van der Waals surface area (Å²) in [5.41, 5.74) is -0.945. The fraction of sp³-hybridized carbons (Fsp3) is 0.846. The van der Waals surface area contributed by atoms with Gasteiger partial charge in [-0.3, -0.25) is 9.59 Å². The Balaban J connectivity index is 2.75. The van der Waals surface area contributed by atoms with Crippen molar-refractivity contribution in [3.05, 3.63) is 0 Å². The van der Waals surface area contributed by atoms with E-state index in [1.165, 1.54) is 11.9 Å². The number of hydrogen-bond donors (Lipinski definition) is 1. The van der Waals surface area contributed by atoms with E-state index in [1.54, 1.807) is 13.8 Å². The number of carboxylic acid groups (broad SMARTS) is 1. The van der Waals surface area contributed by atoms with E-state index in [9.17, 15) is 23.1 Å². The average Bonchev–Trinajstić information content (AvgIpc) is 2.28. The molecule has 0 aromatic rings. The Hall–Kier alpha value is -1.11. The number of carbonyl (C=O) groups is 2. The summed E-state index contributed by atoms with van der Waals surface area (Å²) in [5, 5.41) is 8.54. The highest BCUT2D eigenvalue weighted by Gasteiger charge is 2.46. The minimum Gasteiger partial charge on any atom is -0.481 e. The molecule has 2 unspecified atom stereocenters. The molecule has 1 aliphatic rings. The second-order valence-corrected chi connectivity index (χ2v) is 8.30. The van der Waals surface area contributed by atoms with Gasteiger partial charge in [-0.1, -0.05) is 6.42 Å². The molecule has 2 atom stereocenters. The SMILES string of the molecule is CC(C(C)S(C)(=O)=O)N(C)C(=O)CC1(C(=O)O)CCC1. The zero-order valence-electron chi connectivity index (χ0n) is 12.4. The van der Waals surface area contributed by atoms with Crippen molar-refractivity contribution in [2.75, 3.05) is 13.3 Å². The molecule has 0 spiro atoms. The third-order valence-electron chi connectivity index (χ3n) is 4.61. The Morgan fingerprint density at radius 2 is 1.80 bits per heavy atom. The molecule has 1 N–H and O–H groups in total. The zero-order valence-corrected chi connectivity index (χ0v) is 13.2. The van der Waals surface area contributed by atoms with Gasteiger partial charge < -0.3 is 10.0 Å². The normalized spacial score (nSPS) is 20.6. The second kappa shape index (κ2) is 5.71. The largest absolute Gasteiger partial charge is 0.481 e. The first kappa shape index (κ1) is 16.9. The number of carbonyl (C=O) groups excluding carboxylic acids is 1. The third-order valence-corrected chi connectivity index (χ3v) is 6.36. The first-order valence-electron chi connectivity index (χ1n) is 6.69. The van der Waals surface area contributed by atoms with E-state index in [0.29, 0.717) is 12.8 Å². The van der Waals surface area contributed by atoms with Crippen LogP contribution < -0.4 is 0 Å². The lowest BCUT2D eigenvalue weighted by Crippen LogP contribution is -2.48. The summed E-state index contributed by atoms with van der Waals surface area (Å²) in [5.74, 6) is -1.25. The lowest BCUT2D eigenvalue weighted by molar-refractivity contribution is -0.159. The molecule has 0 aliphatic heterocycles. The minimum atomic E-state index is -3.24. The molecular formula is C13H23NO5S. The van der Waals surface area contributed by atoms with Gasteiger partial charge in [-0.25, -0.2) is 8.42 Å². The lowest BCUT2D eigenvalue weighted by atomic mass is 9.66. The molecule has 20 heavy (non-hydrogen) atoms. The van der Waals surface area contributed by atoms with Crippen molar-refractivity contribution in [2.45, 2.75) is 50.8 Å². The summed E-state index contributed by atoms with van der Waals surface area (Å²) >= 11 is 0. The van der Waals surface area contributed by atoms with Gasteiger partial charge in [-0.15, -0.1) is 0 Å². The standard InChI is InChI=1S/C13H23NO5S/c1-9(10(2)20(4,18)19)14(3)11(15)8-13(12(16)17)6-5-7-13/h9-10H,5-8H2,1-4H3,(H,16,17). The maximum absolute atomic E-state index is 12.2. The van der Waals surface area contributed by atoms with E-state index in [2.05, 4.69) is 0 Å². The number of rotatable bonds is 6. The van der Waals surface area contributed by atoms with Gasteiger partial charge in [-0.2, -0.15) is 0 Å². The van der Waals surface area contributed by atoms with E-state index < -0.39 is 32.5 Å². The van der Waals surface area contributed by atoms with Gasteiger partial charge in [0.2, 0.25) is 5.91 Å². The van der Waals surface area contributed by atoms with Crippen LogP contribution in [0.4, 0.5) is 0 Å². The van der Waals surface area contributed by atoms with Crippen LogP contribution in [0.25, 0.3) is 0 Å². The molecular weight excluding hydrogens is 282 g/mol. The molecule has 0 saturated heterocycles.